The zero-order valence-electron chi connectivity index (χ0n) is 10.8. The minimum Gasteiger partial charge on any atom is -0.397 e. The number of nitrogens with two attached hydrogens (primary N) is 1. The molecule has 1 aromatic rings. The van der Waals surface area contributed by atoms with E-state index < -0.39 is 5.91 Å². The lowest BCUT2D eigenvalue weighted by atomic mass is 10.1. The Kier molecular flexibility index (Phi) is 4.25. The second-order valence-corrected chi connectivity index (χ2v) is 4.96. The maximum Gasteiger partial charge on any atom is 0.270 e. The largest absolute Gasteiger partial charge is 0.397 e. The van der Waals surface area contributed by atoms with E-state index in [1.807, 2.05) is 20.8 Å². The van der Waals surface area contributed by atoms with Crippen molar-refractivity contribution in [2.45, 2.75) is 26.3 Å². The minimum atomic E-state index is -0.404. The molecule has 0 aliphatic carbocycles. The second-order valence-electron chi connectivity index (χ2n) is 4.96. The molecule has 0 unspecified atom stereocenters. The molecule has 0 saturated heterocycles. The Bertz CT molecular complexity index is 434. The Morgan fingerprint density at radius 1 is 1.33 bits per heavy atom. The normalized spacial score (nSPS) is 10.8. The van der Waals surface area contributed by atoms with E-state index in [1.165, 1.54) is 12.3 Å². The van der Waals surface area contributed by atoms with Crippen molar-refractivity contribution in [3.8, 4) is 0 Å². The minimum absolute atomic E-state index is 0.0812. The van der Waals surface area contributed by atoms with Crippen molar-refractivity contribution in [2.75, 3.05) is 12.3 Å². The van der Waals surface area contributed by atoms with Gasteiger partial charge in [-0.25, -0.2) is 4.98 Å². The van der Waals surface area contributed by atoms with E-state index >= 15 is 0 Å². The van der Waals surface area contributed by atoms with Crippen LogP contribution in [-0.4, -0.2) is 28.9 Å². The Hall–Kier alpha value is -2.11. The fraction of sp³-hybridized carbons (Fsp3) is 0.417. The van der Waals surface area contributed by atoms with Crippen LogP contribution in [-0.2, 0) is 4.79 Å². The summed E-state index contributed by atoms with van der Waals surface area (Å²) in [7, 11) is 0. The zero-order chi connectivity index (χ0) is 13.8. The Morgan fingerprint density at radius 3 is 2.50 bits per heavy atom. The number of carbonyl (C=O) groups excluding carboxylic acids is 2. The van der Waals surface area contributed by atoms with Crippen LogP contribution >= 0.6 is 0 Å². The van der Waals surface area contributed by atoms with Crippen molar-refractivity contribution >= 4 is 17.5 Å². The van der Waals surface area contributed by atoms with Crippen molar-refractivity contribution in [3.63, 3.8) is 0 Å². The van der Waals surface area contributed by atoms with Crippen LogP contribution in [0, 0.1) is 0 Å². The van der Waals surface area contributed by atoms with Crippen LogP contribution in [0.4, 0.5) is 5.69 Å². The van der Waals surface area contributed by atoms with Crippen molar-refractivity contribution in [1.29, 1.82) is 0 Å². The lowest BCUT2D eigenvalue weighted by Crippen LogP contribution is -2.45. The number of aromatic nitrogens is 1. The van der Waals surface area contributed by atoms with Crippen molar-refractivity contribution in [2.24, 2.45) is 0 Å². The van der Waals surface area contributed by atoms with Crippen molar-refractivity contribution in [3.05, 3.63) is 24.0 Å². The average Bonchev–Trinajstić information content (AvgIpc) is 2.24. The molecule has 0 atom stereocenters. The van der Waals surface area contributed by atoms with Gasteiger partial charge in [-0.15, -0.1) is 0 Å². The van der Waals surface area contributed by atoms with Crippen LogP contribution in [0.15, 0.2) is 18.3 Å². The third-order valence-electron chi connectivity index (χ3n) is 1.94. The molecule has 6 heteroatoms. The Labute approximate surface area is 106 Å². The summed E-state index contributed by atoms with van der Waals surface area (Å²) in [6.07, 6.45) is 1.39. The topological polar surface area (TPSA) is 97.1 Å². The number of carbonyl (C=O) groups is 2. The van der Waals surface area contributed by atoms with E-state index in [0.29, 0.717) is 5.69 Å². The number of pyridine rings is 1. The molecule has 0 aliphatic heterocycles. The lowest BCUT2D eigenvalue weighted by molar-refractivity contribution is -0.121. The maximum atomic E-state index is 11.6. The van der Waals surface area contributed by atoms with Gasteiger partial charge in [0.25, 0.3) is 5.91 Å². The summed E-state index contributed by atoms with van der Waals surface area (Å²) in [5.74, 6) is -0.648. The molecule has 0 saturated carbocycles. The van der Waals surface area contributed by atoms with E-state index in [0.717, 1.165) is 0 Å². The van der Waals surface area contributed by atoms with Crippen LogP contribution in [0.1, 0.15) is 31.3 Å². The second kappa shape index (κ2) is 5.48. The molecule has 6 nitrogen and oxygen atoms in total. The number of rotatable bonds is 3. The summed E-state index contributed by atoms with van der Waals surface area (Å²) < 4.78 is 0. The molecular formula is C12H18N4O2. The van der Waals surface area contributed by atoms with Gasteiger partial charge in [-0.05, 0) is 32.9 Å². The molecule has 1 rings (SSSR count). The highest BCUT2D eigenvalue weighted by molar-refractivity contribution is 5.95. The number of hydrogen-bond acceptors (Lipinski definition) is 4. The van der Waals surface area contributed by atoms with Gasteiger partial charge in [-0.3, -0.25) is 9.59 Å². The summed E-state index contributed by atoms with van der Waals surface area (Å²) in [5.41, 5.74) is 5.85. The number of nitrogens with zero attached hydrogens (tertiary/aromatic N) is 1. The van der Waals surface area contributed by atoms with E-state index in [-0.39, 0.29) is 23.7 Å². The maximum absolute atomic E-state index is 11.6. The molecule has 0 spiro atoms. The molecule has 4 N–H and O–H groups in total. The fourth-order valence-electron chi connectivity index (χ4n) is 1.25. The predicted molar refractivity (Wildman–Crippen MR) is 68.9 cm³/mol. The monoisotopic (exact) mass is 250 g/mol. The zero-order valence-corrected chi connectivity index (χ0v) is 10.8. The molecule has 0 radical (unpaired) electrons. The molecule has 0 bridgehead atoms. The Morgan fingerprint density at radius 2 is 2.00 bits per heavy atom. The third kappa shape index (κ3) is 4.82. The van der Waals surface area contributed by atoms with E-state index in [9.17, 15) is 9.59 Å². The van der Waals surface area contributed by atoms with E-state index in [1.54, 1.807) is 6.07 Å². The molecule has 1 heterocycles. The smallest absolute Gasteiger partial charge is 0.270 e. The number of anilines is 1. The molecule has 18 heavy (non-hydrogen) atoms. The van der Waals surface area contributed by atoms with E-state index in [2.05, 4.69) is 15.6 Å². The summed E-state index contributed by atoms with van der Waals surface area (Å²) >= 11 is 0. The molecule has 1 aromatic heterocycles. The first-order valence-electron chi connectivity index (χ1n) is 5.59. The van der Waals surface area contributed by atoms with Gasteiger partial charge in [-0.2, -0.15) is 0 Å². The van der Waals surface area contributed by atoms with Crippen LogP contribution in [0.3, 0.4) is 0 Å². The highest BCUT2D eigenvalue weighted by Crippen LogP contribution is 2.01. The number of nitrogens with one attached hydrogen (secondary N) is 2. The third-order valence-corrected chi connectivity index (χ3v) is 1.94. The summed E-state index contributed by atoms with van der Waals surface area (Å²) in [5, 5.41) is 5.23. The number of amides is 2. The highest BCUT2D eigenvalue weighted by Gasteiger charge is 2.14. The van der Waals surface area contributed by atoms with Gasteiger partial charge in [0.05, 0.1) is 18.4 Å². The molecular weight excluding hydrogens is 232 g/mol. The first-order chi connectivity index (χ1) is 8.28. The SMILES string of the molecule is CC(C)(C)NC(=O)CNC(=O)c1ccc(N)cn1. The molecule has 0 fully saturated rings. The van der Waals surface area contributed by atoms with E-state index in [4.69, 9.17) is 5.73 Å². The van der Waals surface area contributed by atoms with Gasteiger partial charge in [0.1, 0.15) is 5.69 Å². The van der Waals surface area contributed by atoms with Gasteiger partial charge >= 0.3 is 0 Å². The highest BCUT2D eigenvalue weighted by atomic mass is 16.2. The van der Waals surface area contributed by atoms with Crippen LogP contribution in [0.5, 0.6) is 0 Å². The first-order valence-corrected chi connectivity index (χ1v) is 5.59. The predicted octanol–water partition coefficient (Wildman–Crippen LogP) is 0.308. The standard InChI is InChI=1S/C12H18N4O2/c1-12(2,3)16-10(17)7-15-11(18)9-5-4-8(13)6-14-9/h4-6H,7,13H2,1-3H3,(H,15,18)(H,16,17). The number of hydrogen-bond donors (Lipinski definition) is 3. The van der Waals surface area contributed by atoms with Gasteiger partial charge in [0.2, 0.25) is 5.91 Å². The fourth-order valence-corrected chi connectivity index (χ4v) is 1.25. The quantitative estimate of drug-likeness (QED) is 0.719. The first kappa shape index (κ1) is 14.0. The molecule has 0 aromatic carbocycles. The average molecular weight is 250 g/mol. The Balaban J connectivity index is 2.47. The molecule has 2 amide bonds. The summed E-state index contributed by atoms with van der Waals surface area (Å²) in [6, 6.07) is 3.09. The van der Waals surface area contributed by atoms with Crippen LogP contribution in [0.25, 0.3) is 0 Å². The summed E-state index contributed by atoms with van der Waals surface area (Å²) in [4.78, 5) is 27.0. The number of nitrogen functional groups attached to an aromatic ring is 1. The molecule has 0 aliphatic rings. The molecule has 98 valence electrons. The van der Waals surface area contributed by atoms with Gasteiger partial charge < -0.3 is 16.4 Å². The van der Waals surface area contributed by atoms with Gasteiger partial charge in [0.15, 0.2) is 0 Å². The van der Waals surface area contributed by atoms with Crippen molar-refractivity contribution in [1.82, 2.24) is 15.6 Å². The van der Waals surface area contributed by atoms with Gasteiger partial charge in [0, 0.05) is 5.54 Å². The van der Waals surface area contributed by atoms with Crippen molar-refractivity contribution < 1.29 is 9.59 Å². The van der Waals surface area contributed by atoms with Crippen LogP contribution in [0.2, 0.25) is 0 Å². The van der Waals surface area contributed by atoms with Gasteiger partial charge in [-0.1, -0.05) is 0 Å². The summed E-state index contributed by atoms with van der Waals surface area (Å²) in [6.45, 7) is 5.53. The lowest BCUT2D eigenvalue weighted by Gasteiger charge is -2.20. The van der Waals surface area contributed by atoms with Crippen LogP contribution < -0.4 is 16.4 Å².